The molecule has 0 saturated heterocycles. The first-order valence-corrected chi connectivity index (χ1v) is 10.0. The molecule has 5 nitrogen and oxygen atoms in total. The van der Waals surface area contributed by atoms with E-state index < -0.39 is 5.54 Å². The Labute approximate surface area is 178 Å². The lowest BCUT2D eigenvalue weighted by molar-refractivity contribution is 0.0634. The SMILES string of the molecule is O=C1c2ccccc2C(=O)N1CCC1(c2ccc(Cl)cc2)Nc2ccccc2C1=O. The van der Waals surface area contributed by atoms with Gasteiger partial charge < -0.3 is 5.32 Å². The van der Waals surface area contributed by atoms with Crippen LogP contribution in [0, 0.1) is 0 Å². The van der Waals surface area contributed by atoms with Crippen LogP contribution in [0.25, 0.3) is 0 Å². The summed E-state index contributed by atoms with van der Waals surface area (Å²) in [6.45, 7) is 0.113. The topological polar surface area (TPSA) is 66.5 Å². The Kier molecular flexibility index (Phi) is 4.22. The first kappa shape index (κ1) is 18.6. The summed E-state index contributed by atoms with van der Waals surface area (Å²) in [4.78, 5) is 40.3. The molecule has 2 heterocycles. The van der Waals surface area contributed by atoms with E-state index in [1.807, 2.05) is 30.3 Å². The number of hydrogen-bond acceptors (Lipinski definition) is 4. The van der Waals surface area contributed by atoms with E-state index in [1.54, 1.807) is 42.5 Å². The van der Waals surface area contributed by atoms with Crippen LogP contribution < -0.4 is 5.32 Å². The molecular weight excluding hydrogens is 400 g/mol. The van der Waals surface area contributed by atoms with Gasteiger partial charge >= 0.3 is 0 Å². The minimum atomic E-state index is -1.08. The molecule has 0 fully saturated rings. The molecule has 0 aromatic heterocycles. The van der Waals surface area contributed by atoms with Crippen LogP contribution in [0.15, 0.2) is 72.8 Å². The van der Waals surface area contributed by atoms with Crippen LogP contribution in [0.3, 0.4) is 0 Å². The number of imide groups is 1. The van der Waals surface area contributed by atoms with Crippen LogP contribution >= 0.6 is 11.6 Å². The number of nitrogens with zero attached hydrogens (tertiary/aromatic N) is 1. The van der Waals surface area contributed by atoms with Gasteiger partial charge in [-0.15, -0.1) is 0 Å². The maximum atomic E-state index is 13.5. The fourth-order valence-corrected chi connectivity index (χ4v) is 4.41. The van der Waals surface area contributed by atoms with Crippen molar-refractivity contribution in [2.24, 2.45) is 0 Å². The van der Waals surface area contributed by atoms with Crippen molar-refractivity contribution in [2.75, 3.05) is 11.9 Å². The van der Waals surface area contributed by atoms with E-state index in [4.69, 9.17) is 11.6 Å². The largest absolute Gasteiger partial charge is 0.368 e. The summed E-state index contributed by atoms with van der Waals surface area (Å²) in [6, 6.07) is 21.2. The number of nitrogens with one attached hydrogen (secondary N) is 1. The van der Waals surface area contributed by atoms with Crippen molar-refractivity contribution in [1.29, 1.82) is 0 Å². The van der Waals surface area contributed by atoms with Crippen molar-refractivity contribution >= 4 is 34.9 Å². The smallest absolute Gasteiger partial charge is 0.261 e. The molecule has 30 heavy (non-hydrogen) atoms. The highest BCUT2D eigenvalue weighted by molar-refractivity contribution is 6.30. The first-order chi connectivity index (χ1) is 14.5. The number of fused-ring (bicyclic) bond motifs is 2. The normalized spacial score (nSPS) is 19.6. The molecule has 2 aliphatic heterocycles. The van der Waals surface area contributed by atoms with Crippen LogP contribution in [0.1, 0.15) is 43.1 Å². The number of amides is 2. The number of halogens is 1. The number of rotatable bonds is 4. The molecular formula is C24H17ClN2O3. The molecule has 3 aromatic rings. The summed E-state index contributed by atoms with van der Waals surface area (Å²) in [5, 5.41) is 3.93. The van der Waals surface area contributed by atoms with Crippen LogP contribution in [0.2, 0.25) is 5.02 Å². The van der Waals surface area contributed by atoms with Crippen molar-refractivity contribution in [3.8, 4) is 0 Å². The van der Waals surface area contributed by atoms with Gasteiger partial charge in [0.15, 0.2) is 5.78 Å². The Bertz CT molecular complexity index is 1170. The number of benzene rings is 3. The molecule has 0 bridgehead atoms. The molecule has 2 aliphatic rings. The number of Topliss-reactive ketones (excluding diaryl/α,β-unsaturated/α-hetero) is 1. The molecule has 1 atom stereocenters. The van der Waals surface area contributed by atoms with E-state index in [9.17, 15) is 14.4 Å². The quantitative estimate of drug-likeness (QED) is 0.634. The second-order valence-corrected chi connectivity index (χ2v) is 7.91. The molecule has 3 aromatic carbocycles. The number of ketones is 1. The molecule has 148 valence electrons. The van der Waals surface area contributed by atoms with Gasteiger partial charge in [0.1, 0.15) is 5.54 Å². The number of anilines is 1. The maximum absolute atomic E-state index is 13.5. The van der Waals surface area contributed by atoms with Gasteiger partial charge in [-0.3, -0.25) is 19.3 Å². The van der Waals surface area contributed by atoms with Crippen LogP contribution in [0.4, 0.5) is 5.69 Å². The molecule has 6 heteroatoms. The predicted molar refractivity (Wildman–Crippen MR) is 114 cm³/mol. The van der Waals surface area contributed by atoms with E-state index >= 15 is 0 Å². The van der Waals surface area contributed by atoms with Gasteiger partial charge in [-0.05, 0) is 42.0 Å². The van der Waals surface area contributed by atoms with Gasteiger partial charge in [0.25, 0.3) is 11.8 Å². The van der Waals surface area contributed by atoms with Crippen molar-refractivity contribution < 1.29 is 14.4 Å². The highest BCUT2D eigenvalue weighted by atomic mass is 35.5. The Morgan fingerprint density at radius 3 is 1.93 bits per heavy atom. The Hall–Kier alpha value is -3.44. The second-order valence-electron chi connectivity index (χ2n) is 7.47. The van der Waals surface area contributed by atoms with E-state index in [0.29, 0.717) is 21.7 Å². The molecule has 0 saturated carbocycles. The number of carbonyl (C=O) groups is 3. The Morgan fingerprint density at radius 1 is 0.767 bits per heavy atom. The average Bonchev–Trinajstić information content (AvgIpc) is 3.19. The minimum Gasteiger partial charge on any atom is -0.368 e. The fraction of sp³-hybridized carbons (Fsp3) is 0.125. The van der Waals surface area contributed by atoms with Gasteiger partial charge in [0.05, 0.1) is 11.1 Å². The highest BCUT2D eigenvalue weighted by Gasteiger charge is 2.47. The monoisotopic (exact) mass is 416 g/mol. The zero-order chi connectivity index (χ0) is 20.9. The lowest BCUT2D eigenvalue weighted by Crippen LogP contribution is -2.43. The summed E-state index contributed by atoms with van der Waals surface area (Å²) in [5.41, 5.74) is 1.79. The summed E-state index contributed by atoms with van der Waals surface area (Å²) in [7, 11) is 0. The van der Waals surface area contributed by atoms with Crippen molar-refractivity contribution in [1.82, 2.24) is 4.90 Å². The van der Waals surface area contributed by atoms with E-state index in [2.05, 4.69) is 5.32 Å². The summed E-state index contributed by atoms with van der Waals surface area (Å²) < 4.78 is 0. The fourth-order valence-electron chi connectivity index (χ4n) is 4.29. The van der Waals surface area contributed by atoms with Crippen molar-refractivity contribution in [2.45, 2.75) is 12.0 Å². The zero-order valence-electron chi connectivity index (χ0n) is 15.9. The van der Waals surface area contributed by atoms with Crippen LogP contribution in [-0.4, -0.2) is 29.0 Å². The van der Waals surface area contributed by atoms with Crippen molar-refractivity contribution in [3.63, 3.8) is 0 Å². The molecule has 0 spiro atoms. The standard InChI is InChI=1S/C24H17ClN2O3/c25-16-11-9-15(10-12-16)24(21(28)19-7-3-4-8-20(19)26-24)13-14-27-22(29)17-5-1-2-6-18(17)23(27)30/h1-12,26H,13-14H2. The van der Waals surface area contributed by atoms with Gasteiger partial charge in [0.2, 0.25) is 0 Å². The molecule has 2 amide bonds. The molecule has 1 unspecified atom stereocenters. The minimum absolute atomic E-state index is 0.0861. The third kappa shape index (κ3) is 2.66. The third-order valence-electron chi connectivity index (χ3n) is 5.83. The number of para-hydroxylation sites is 1. The Balaban J connectivity index is 1.51. The van der Waals surface area contributed by atoms with Crippen LogP contribution in [0.5, 0.6) is 0 Å². The molecule has 1 N–H and O–H groups in total. The van der Waals surface area contributed by atoms with Gasteiger partial charge in [-0.2, -0.15) is 0 Å². The highest BCUT2D eigenvalue weighted by Crippen LogP contribution is 2.42. The third-order valence-corrected chi connectivity index (χ3v) is 6.08. The van der Waals surface area contributed by atoms with Gasteiger partial charge in [-0.25, -0.2) is 0 Å². The Morgan fingerprint density at radius 2 is 1.33 bits per heavy atom. The molecule has 0 aliphatic carbocycles. The summed E-state index contributed by atoms with van der Waals surface area (Å²) in [6.07, 6.45) is 0.244. The second kappa shape index (κ2) is 6.82. The van der Waals surface area contributed by atoms with Crippen molar-refractivity contribution in [3.05, 3.63) is 100 Å². The van der Waals surface area contributed by atoms with E-state index in [-0.39, 0.29) is 30.6 Å². The molecule has 0 radical (unpaired) electrons. The summed E-state index contributed by atoms with van der Waals surface area (Å²) in [5.74, 6) is -0.744. The maximum Gasteiger partial charge on any atom is 0.261 e. The van der Waals surface area contributed by atoms with Gasteiger partial charge in [0, 0.05) is 29.2 Å². The van der Waals surface area contributed by atoms with Gasteiger partial charge in [-0.1, -0.05) is 48.0 Å². The molecule has 5 rings (SSSR count). The van der Waals surface area contributed by atoms with Crippen LogP contribution in [-0.2, 0) is 5.54 Å². The number of hydrogen-bond donors (Lipinski definition) is 1. The predicted octanol–water partition coefficient (Wildman–Crippen LogP) is 4.53. The summed E-state index contributed by atoms with van der Waals surface area (Å²) >= 11 is 6.06. The lowest BCUT2D eigenvalue weighted by atomic mass is 9.82. The average molecular weight is 417 g/mol. The van der Waals surface area contributed by atoms with E-state index in [1.165, 1.54) is 4.90 Å². The first-order valence-electron chi connectivity index (χ1n) is 9.64. The lowest BCUT2D eigenvalue weighted by Gasteiger charge is -2.31. The van der Waals surface area contributed by atoms with E-state index in [0.717, 1.165) is 11.3 Å². The number of carbonyl (C=O) groups excluding carboxylic acids is 3. The zero-order valence-corrected chi connectivity index (χ0v) is 16.6.